The third kappa shape index (κ3) is 2.59. The molecule has 0 spiro atoms. The van der Waals surface area contributed by atoms with Gasteiger partial charge in [0.25, 0.3) is 5.91 Å². The molecule has 1 saturated heterocycles. The molecule has 8 heteroatoms. The van der Waals surface area contributed by atoms with E-state index in [1.807, 2.05) is 0 Å². The summed E-state index contributed by atoms with van der Waals surface area (Å²) in [6.45, 7) is 1.07. The predicted octanol–water partition coefficient (Wildman–Crippen LogP) is -2.06. The molecule has 0 saturated carbocycles. The molecule has 2 amide bonds. The van der Waals surface area contributed by atoms with Crippen LogP contribution in [-0.2, 0) is 11.3 Å². The number of hydrogen-bond acceptors (Lipinski definition) is 5. The fraction of sp³-hybridized carbons (Fsp3) is 0.556. The van der Waals surface area contributed by atoms with E-state index < -0.39 is 5.91 Å². The smallest absolute Gasteiger partial charge is 0.276 e. The van der Waals surface area contributed by atoms with E-state index in [4.69, 9.17) is 11.5 Å². The summed E-state index contributed by atoms with van der Waals surface area (Å²) in [4.78, 5) is 24.2. The lowest BCUT2D eigenvalue weighted by Crippen LogP contribution is -2.32. The summed E-state index contributed by atoms with van der Waals surface area (Å²) in [5.41, 5.74) is 10.9. The van der Waals surface area contributed by atoms with Crippen LogP contribution in [0.25, 0.3) is 0 Å². The summed E-state index contributed by atoms with van der Waals surface area (Å²) in [7, 11) is 0. The van der Waals surface area contributed by atoms with Crippen LogP contribution in [0.5, 0.6) is 0 Å². The standard InChI is InChI=1S/C9H14N6O2/c10-6-1-2-14(3-6)9(17)7-4-15(13-12-7)5-8(11)16/h4,6H,1-3,5,10H2,(H2,11,16)/t6-/m0/s1. The van der Waals surface area contributed by atoms with Crippen molar-refractivity contribution in [1.82, 2.24) is 19.9 Å². The SMILES string of the molecule is NC(=O)Cn1cc(C(=O)N2CC[C@H](N)C2)nn1. The van der Waals surface area contributed by atoms with Crippen LogP contribution in [-0.4, -0.2) is 50.8 Å². The number of likely N-dealkylation sites (tertiary alicyclic amines) is 1. The molecule has 2 rings (SSSR count). The molecule has 8 nitrogen and oxygen atoms in total. The Morgan fingerprint density at radius 1 is 1.53 bits per heavy atom. The second kappa shape index (κ2) is 4.50. The van der Waals surface area contributed by atoms with Gasteiger partial charge in [-0.1, -0.05) is 5.21 Å². The van der Waals surface area contributed by atoms with E-state index in [9.17, 15) is 9.59 Å². The Bertz CT molecular complexity index is 442. The second-order valence-electron chi connectivity index (χ2n) is 4.07. The first-order valence-corrected chi connectivity index (χ1v) is 5.29. The van der Waals surface area contributed by atoms with Gasteiger partial charge in [-0.2, -0.15) is 0 Å². The molecule has 1 aliphatic heterocycles. The van der Waals surface area contributed by atoms with Gasteiger partial charge in [-0.15, -0.1) is 5.10 Å². The van der Waals surface area contributed by atoms with Gasteiger partial charge in [0.05, 0.1) is 6.20 Å². The number of hydrogen-bond donors (Lipinski definition) is 2. The van der Waals surface area contributed by atoms with Crippen molar-refractivity contribution in [2.45, 2.75) is 19.0 Å². The molecule has 0 aliphatic carbocycles. The average Bonchev–Trinajstić information content (AvgIpc) is 2.85. The van der Waals surface area contributed by atoms with Crippen molar-refractivity contribution in [3.63, 3.8) is 0 Å². The maximum Gasteiger partial charge on any atom is 0.276 e. The van der Waals surface area contributed by atoms with Gasteiger partial charge in [-0.05, 0) is 6.42 Å². The highest BCUT2D eigenvalue weighted by Crippen LogP contribution is 2.10. The number of amides is 2. The molecular formula is C9H14N6O2. The molecule has 92 valence electrons. The predicted molar refractivity (Wildman–Crippen MR) is 57.7 cm³/mol. The molecule has 1 aliphatic rings. The highest BCUT2D eigenvalue weighted by Gasteiger charge is 2.26. The van der Waals surface area contributed by atoms with Crippen molar-refractivity contribution in [3.05, 3.63) is 11.9 Å². The normalized spacial score (nSPS) is 19.6. The Morgan fingerprint density at radius 3 is 2.88 bits per heavy atom. The first-order valence-electron chi connectivity index (χ1n) is 5.29. The van der Waals surface area contributed by atoms with Gasteiger partial charge in [0.2, 0.25) is 5.91 Å². The maximum absolute atomic E-state index is 11.9. The molecule has 0 unspecified atom stereocenters. The van der Waals surface area contributed by atoms with E-state index in [-0.39, 0.29) is 24.2 Å². The number of carbonyl (C=O) groups is 2. The van der Waals surface area contributed by atoms with E-state index in [0.717, 1.165) is 6.42 Å². The van der Waals surface area contributed by atoms with Gasteiger partial charge < -0.3 is 16.4 Å². The third-order valence-corrected chi connectivity index (χ3v) is 2.59. The molecule has 0 radical (unpaired) electrons. The largest absolute Gasteiger partial charge is 0.368 e. The first-order chi connectivity index (χ1) is 8.06. The molecule has 4 N–H and O–H groups in total. The van der Waals surface area contributed by atoms with Gasteiger partial charge in [0, 0.05) is 19.1 Å². The summed E-state index contributed by atoms with van der Waals surface area (Å²) in [6, 6.07) is 0.0274. The zero-order chi connectivity index (χ0) is 12.4. The molecule has 0 bridgehead atoms. The van der Waals surface area contributed by atoms with Crippen LogP contribution >= 0.6 is 0 Å². The fourth-order valence-electron chi connectivity index (χ4n) is 1.77. The molecule has 1 aromatic rings. The summed E-state index contributed by atoms with van der Waals surface area (Å²) in [5, 5.41) is 7.37. The second-order valence-corrected chi connectivity index (χ2v) is 4.07. The van der Waals surface area contributed by atoms with Crippen molar-refractivity contribution in [2.24, 2.45) is 11.5 Å². The summed E-state index contributed by atoms with van der Waals surface area (Å²) < 4.78 is 1.24. The molecule has 1 atom stereocenters. The van der Waals surface area contributed by atoms with Crippen molar-refractivity contribution in [2.75, 3.05) is 13.1 Å². The monoisotopic (exact) mass is 238 g/mol. The summed E-state index contributed by atoms with van der Waals surface area (Å²) in [6.07, 6.45) is 2.21. The summed E-state index contributed by atoms with van der Waals surface area (Å²) in [5.74, 6) is -0.745. The number of aromatic nitrogens is 3. The van der Waals surface area contributed by atoms with Crippen LogP contribution in [0.1, 0.15) is 16.9 Å². The van der Waals surface area contributed by atoms with E-state index in [2.05, 4.69) is 10.3 Å². The molecule has 1 aromatic heterocycles. The van der Waals surface area contributed by atoms with Crippen LogP contribution in [0, 0.1) is 0 Å². The topological polar surface area (TPSA) is 120 Å². The fourth-order valence-corrected chi connectivity index (χ4v) is 1.77. The van der Waals surface area contributed by atoms with Crippen LogP contribution in [0.15, 0.2) is 6.20 Å². The summed E-state index contributed by atoms with van der Waals surface area (Å²) >= 11 is 0. The first kappa shape index (κ1) is 11.5. The van der Waals surface area contributed by atoms with Crippen LogP contribution in [0.2, 0.25) is 0 Å². The van der Waals surface area contributed by atoms with Gasteiger partial charge in [-0.25, -0.2) is 4.68 Å². The van der Waals surface area contributed by atoms with E-state index in [0.29, 0.717) is 13.1 Å². The lowest BCUT2D eigenvalue weighted by atomic mass is 10.3. The maximum atomic E-state index is 11.9. The lowest BCUT2D eigenvalue weighted by Gasteiger charge is -2.13. The van der Waals surface area contributed by atoms with E-state index in [1.165, 1.54) is 10.9 Å². The Balaban J connectivity index is 2.04. The van der Waals surface area contributed by atoms with Crippen LogP contribution in [0.4, 0.5) is 0 Å². The minimum atomic E-state index is -0.530. The Hall–Kier alpha value is -1.96. The van der Waals surface area contributed by atoms with Crippen molar-refractivity contribution < 1.29 is 9.59 Å². The van der Waals surface area contributed by atoms with Crippen molar-refractivity contribution in [3.8, 4) is 0 Å². The molecule has 17 heavy (non-hydrogen) atoms. The minimum absolute atomic E-state index is 0.0274. The highest BCUT2D eigenvalue weighted by atomic mass is 16.2. The Labute approximate surface area is 97.5 Å². The van der Waals surface area contributed by atoms with Crippen molar-refractivity contribution >= 4 is 11.8 Å². The van der Waals surface area contributed by atoms with Gasteiger partial charge in [-0.3, -0.25) is 9.59 Å². The number of rotatable bonds is 3. The number of carbonyl (C=O) groups excluding carboxylic acids is 2. The third-order valence-electron chi connectivity index (χ3n) is 2.59. The van der Waals surface area contributed by atoms with E-state index in [1.54, 1.807) is 4.90 Å². The molecule has 2 heterocycles. The van der Waals surface area contributed by atoms with Gasteiger partial charge in [0.15, 0.2) is 5.69 Å². The highest BCUT2D eigenvalue weighted by molar-refractivity contribution is 5.92. The Kier molecular flexibility index (Phi) is 3.05. The lowest BCUT2D eigenvalue weighted by molar-refractivity contribution is -0.118. The van der Waals surface area contributed by atoms with Crippen molar-refractivity contribution in [1.29, 1.82) is 0 Å². The van der Waals surface area contributed by atoms with E-state index >= 15 is 0 Å². The number of primary amides is 1. The average molecular weight is 238 g/mol. The molecule has 0 aromatic carbocycles. The van der Waals surface area contributed by atoms with Gasteiger partial charge >= 0.3 is 0 Å². The zero-order valence-electron chi connectivity index (χ0n) is 9.24. The molecular weight excluding hydrogens is 224 g/mol. The quantitative estimate of drug-likeness (QED) is 0.627. The van der Waals surface area contributed by atoms with Gasteiger partial charge in [0.1, 0.15) is 6.54 Å². The minimum Gasteiger partial charge on any atom is -0.368 e. The van der Waals surface area contributed by atoms with Crippen LogP contribution in [0.3, 0.4) is 0 Å². The number of nitrogens with zero attached hydrogens (tertiary/aromatic N) is 4. The number of nitrogens with two attached hydrogens (primary N) is 2. The van der Waals surface area contributed by atoms with Crippen LogP contribution < -0.4 is 11.5 Å². The zero-order valence-corrected chi connectivity index (χ0v) is 9.24. The Morgan fingerprint density at radius 2 is 2.29 bits per heavy atom. The molecule has 1 fully saturated rings.